The zero-order valence-corrected chi connectivity index (χ0v) is 13.5. The van der Waals surface area contributed by atoms with Gasteiger partial charge < -0.3 is 11.1 Å². The van der Waals surface area contributed by atoms with E-state index in [0.29, 0.717) is 18.4 Å². The van der Waals surface area contributed by atoms with Crippen molar-refractivity contribution in [3.8, 4) is 0 Å². The van der Waals surface area contributed by atoms with Crippen molar-refractivity contribution in [3.63, 3.8) is 0 Å². The Morgan fingerprint density at radius 1 is 1.17 bits per heavy atom. The van der Waals surface area contributed by atoms with E-state index in [2.05, 4.69) is 39.9 Å². The van der Waals surface area contributed by atoms with Crippen molar-refractivity contribution in [2.24, 2.45) is 11.1 Å². The Kier molecular flexibility index (Phi) is 9.75. The molecule has 18 heavy (non-hydrogen) atoms. The fraction of sp³-hybridized carbons (Fsp3) is 0.929. The number of halogens is 1. The smallest absolute Gasteiger partial charge is 0.220 e. The van der Waals surface area contributed by atoms with Gasteiger partial charge in [0.2, 0.25) is 5.91 Å². The van der Waals surface area contributed by atoms with E-state index in [4.69, 9.17) is 5.73 Å². The van der Waals surface area contributed by atoms with Gasteiger partial charge in [-0.25, -0.2) is 0 Å². The van der Waals surface area contributed by atoms with Gasteiger partial charge in [-0.05, 0) is 31.1 Å². The Bertz CT molecular complexity index is 232. The highest BCUT2D eigenvalue weighted by Gasteiger charge is 2.20. The van der Waals surface area contributed by atoms with Crippen LogP contribution in [0.25, 0.3) is 0 Å². The van der Waals surface area contributed by atoms with Gasteiger partial charge in [0.15, 0.2) is 0 Å². The number of nitrogens with two attached hydrogens (primary N) is 1. The Morgan fingerprint density at radius 3 is 2.06 bits per heavy atom. The molecule has 0 aromatic carbocycles. The van der Waals surface area contributed by atoms with E-state index in [9.17, 15) is 4.79 Å². The zero-order chi connectivity index (χ0) is 13.5. The van der Waals surface area contributed by atoms with Gasteiger partial charge in [0.25, 0.3) is 0 Å². The molecule has 110 valence electrons. The largest absolute Gasteiger partial charge is 0.354 e. The van der Waals surface area contributed by atoms with Crippen LogP contribution in [0, 0.1) is 5.41 Å². The van der Waals surface area contributed by atoms with Gasteiger partial charge in [0.05, 0.1) is 0 Å². The van der Waals surface area contributed by atoms with Crippen molar-refractivity contribution in [3.05, 3.63) is 0 Å². The summed E-state index contributed by atoms with van der Waals surface area (Å²) in [4.78, 5) is 11.6. The van der Waals surface area contributed by atoms with Gasteiger partial charge >= 0.3 is 0 Å². The molecule has 0 bridgehead atoms. The molecule has 0 heterocycles. The lowest BCUT2D eigenvalue weighted by Crippen LogP contribution is -2.49. The molecule has 0 radical (unpaired) electrons. The minimum Gasteiger partial charge on any atom is -0.354 e. The van der Waals surface area contributed by atoms with Crippen LogP contribution in [0.2, 0.25) is 0 Å². The summed E-state index contributed by atoms with van der Waals surface area (Å²) in [6, 6.07) is 0. The quantitative estimate of drug-likeness (QED) is 0.751. The van der Waals surface area contributed by atoms with Crippen molar-refractivity contribution in [2.75, 3.05) is 6.54 Å². The van der Waals surface area contributed by atoms with Crippen LogP contribution >= 0.6 is 12.4 Å². The first-order chi connectivity index (χ1) is 7.72. The third-order valence-electron chi connectivity index (χ3n) is 3.38. The van der Waals surface area contributed by atoms with Gasteiger partial charge in [0.1, 0.15) is 0 Å². The Hall–Kier alpha value is -0.280. The minimum absolute atomic E-state index is 0. The summed E-state index contributed by atoms with van der Waals surface area (Å²) in [5.74, 6) is 0.131. The van der Waals surface area contributed by atoms with E-state index >= 15 is 0 Å². The maximum atomic E-state index is 11.6. The molecule has 3 nitrogen and oxygen atoms in total. The highest BCUT2D eigenvalue weighted by atomic mass is 35.5. The van der Waals surface area contributed by atoms with Crippen molar-refractivity contribution in [1.82, 2.24) is 5.32 Å². The molecule has 0 atom stereocenters. The average Bonchev–Trinajstić information content (AvgIpc) is 2.24. The second-order valence-corrected chi connectivity index (χ2v) is 6.26. The molecular weight excluding hydrogens is 248 g/mol. The Morgan fingerprint density at radius 2 is 1.67 bits per heavy atom. The number of amides is 1. The number of hydrogen-bond acceptors (Lipinski definition) is 2. The number of carbonyl (C=O) groups is 1. The maximum Gasteiger partial charge on any atom is 0.220 e. The van der Waals surface area contributed by atoms with Crippen LogP contribution in [-0.4, -0.2) is 18.0 Å². The van der Waals surface area contributed by atoms with Gasteiger partial charge in [-0.3, -0.25) is 4.79 Å². The third kappa shape index (κ3) is 9.72. The standard InChI is InChI=1S/C14H30N2O.ClH/c1-6-14(15,7-2)11-16-12(17)9-8-10-13(3,4)5;/h6-11,15H2,1-5H3,(H,16,17);1H. The average molecular weight is 279 g/mol. The van der Waals surface area contributed by atoms with E-state index in [-0.39, 0.29) is 23.9 Å². The molecular formula is C14H31ClN2O. The van der Waals surface area contributed by atoms with E-state index in [1.807, 2.05) is 0 Å². The summed E-state index contributed by atoms with van der Waals surface area (Å²) in [6.07, 6.45) is 4.43. The van der Waals surface area contributed by atoms with Gasteiger partial charge in [0, 0.05) is 18.5 Å². The molecule has 0 saturated carbocycles. The van der Waals surface area contributed by atoms with Crippen LogP contribution in [0.5, 0.6) is 0 Å². The predicted octanol–water partition coefficient (Wildman–Crippen LogP) is 3.26. The van der Waals surface area contributed by atoms with E-state index in [0.717, 1.165) is 25.7 Å². The van der Waals surface area contributed by atoms with Crippen LogP contribution in [0.3, 0.4) is 0 Å². The molecule has 0 aliphatic rings. The van der Waals surface area contributed by atoms with Gasteiger partial charge in [-0.15, -0.1) is 12.4 Å². The third-order valence-corrected chi connectivity index (χ3v) is 3.38. The van der Waals surface area contributed by atoms with E-state index in [1.165, 1.54) is 0 Å². The van der Waals surface area contributed by atoms with E-state index < -0.39 is 0 Å². The lowest BCUT2D eigenvalue weighted by Gasteiger charge is -2.27. The first-order valence-electron chi connectivity index (χ1n) is 6.78. The number of carbonyl (C=O) groups excluding carboxylic acids is 1. The molecule has 1 amide bonds. The molecule has 0 rings (SSSR count). The van der Waals surface area contributed by atoms with Gasteiger partial charge in [-0.2, -0.15) is 0 Å². The molecule has 0 spiro atoms. The van der Waals surface area contributed by atoms with Crippen molar-refractivity contribution in [2.45, 2.75) is 72.3 Å². The van der Waals surface area contributed by atoms with Crippen molar-refractivity contribution in [1.29, 1.82) is 0 Å². The molecule has 0 aliphatic carbocycles. The lowest BCUT2D eigenvalue weighted by molar-refractivity contribution is -0.121. The van der Waals surface area contributed by atoms with Crippen LogP contribution in [0.1, 0.15) is 66.7 Å². The van der Waals surface area contributed by atoms with Crippen LogP contribution in [0.4, 0.5) is 0 Å². The molecule has 0 saturated heterocycles. The van der Waals surface area contributed by atoms with E-state index in [1.54, 1.807) is 0 Å². The SMILES string of the molecule is CCC(N)(CC)CNC(=O)CCCC(C)(C)C.Cl. The van der Waals surface area contributed by atoms with Gasteiger partial charge in [-0.1, -0.05) is 34.6 Å². The van der Waals surface area contributed by atoms with Crippen LogP contribution in [-0.2, 0) is 4.79 Å². The second kappa shape index (κ2) is 8.76. The molecule has 0 aliphatic heterocycles. The highest BCUT2D eigenvalue weighted by molar-refractivity contribution is 5.85. The number of hydrogen-bond donors (Lipinski definition) is 2. The molecule has 0 unspecified atom stereocenters. The van der Waals surface area contributed by atoms with Crippen molar-refractivity contribution >= 4 is 18.3 Å². The maximum absolute atomic E-state index is 11.6. The zero-order valence-electron chi connectivity index (χ0n) is 12.6. The summed E-state index contributed by atoms with van der Waals surface area (Å²) < 4.78 is 0. The topological polar surface area (TPSA) is 55.1 Å². The lowest BCUT2D eigenvalue weighted by atomic mass is 9.90. The molecule has 0 aromatic rings. The van der Waals surface area contributed by atoms with Crippen molar-refractivity contribution < 1.29 is 4.79 Å². The fourth-order valence-corrected chi connectivity index (χ4v) is 1.64. The summed E-state index contributed by atoms with van der Waals surface area (Å²) in [6.45, 7) is 11.3. The second-order valence-electron chi connectivity index (χ2n) is 6.26. The summed E-state index contributed by atoms with van der Waals surface area (Å²) in [5, 5.41) is 2.95. The summed E-state index contributed by atoms with van der Waals surface area (Å²) in [5.41, 5.74) is 6.20. The summed E-state index contributed by atoms with van der Waals surface area (Å²) >= 11 is 0. The molecule has 3 N–H and O–H groups in total. The van der Waals surface area contributed by atoms with Crippen LogP contribution in [0.15, 0.2) is 0 Å². The monoisotopic (exact) mass is 278 g/mol. The Balaban J connectivity index is 0. The fourth-order valence-electron chi connectivity index (χ4n) is 1.64. The Labute approximate surface area is 119 Å². The normalized spacial score (nSPS) is 11.9. The molecule has 0 aromatic heterocycles. The summed E-state index contributed by atoms with van der Waals surface area (Å²) in [7, 11) is 0. The highest BCUT2D eigenvalue weighted by Crippen LogP contribution is 2.21. The molecule has 0 fully saturated rings. The molecule has 4 heteroatoms. The number of nitrogens with one attached hydrogen (secondary N) is 1. The number of rotatable bonds is 7. The predicted molar refractivity (Wildman–Crippen MR) is 81.1 cm³/mol. The first-order valence-corrected chi connectivity index (χ1v) is 6.78. The minimum atomic E-state index is -0.236. The first kappa shape index (κ1) is 20.0. The van der Waals surface area contributed by atoms with Crippen LogP contribution < -0.4 is 11.1 Å².